The number of benzene rings is 2. The molecule has 0 radical (unpaired) electrons. The van der Waals surface area contributed by atoms with Crippen molar-refractivity contribution in [3.8, 4) is 11.1 Å². The Kier molecular flexibility index (Phi) is 6.32. The molecule has 9 heteroatoms. The van der Waals surface area contributed by atoms with E-state index in [-0.39, 0.29) is 5.82 Å². The van der Waals surface area contributed by atoms with E-state index < -0.39 is 15.6 Å². The monoisotopic (exact) mass is 448 g/mol. The molecule has 0 atom stereocenters. The first-order valence-corrected chi connectivity index (χ1v) is 8.08. The Hall–Kier alpha value is -1.20. The van der Waals surface area contributed by atoms with E-state index in [4.69, 9.17) is 13.0 Å². The third-order valence-electron chi connectivity index (χ3n) is 2.32. The number of alkyl halides is 3. The average Bonchev–Trinajstić information content (AvgIpc) is 2.39. The van der Waals surface area contributed by atoms with Crippen LogP contribution in [-0.2, 0) is 10.1 Å². The second kappa shape index (κ2) is 7.38. The molecule has 0 aromatic heterocycles. The van der Waals surface area contributed by atoms with Gasteiger partial charge < -0.3 is 0 Å². The van der Waals surface area contributed by atoms with Gasteiger partial charge in [-0.1, -0.05) is 30.3 Å². The molecule has 0 saturated heterocycles. The molecule has 120 valence electrons. The number of hydrogen-bond acceptors (Lipinski definition) is 2. The SMILES string of the molecule is Fc1ccc(-c2ccccc2I)cc1.O=S(=O)(O)C(F)(F)F. The maximum atomic E-state index is 12.7. The molecule has 0 fully saturated rings. The summed E-state index contributed by atoms with van der Waals surface area (Å²) in [5.41, 5.74) is -3.34. The molecule has 0 saturated carbocycles. The Morgan fingerprint density at radius 3 is 1.82 bits per heavy atom. The van der Waals surface area contributed by atoms with Crippen molar-refractivity contribution < 1.29 is 30.5 Å². The summed E-state index contributed by atoms with van der Waals surface area (Å²) >= 11 is 2.28. The van der Waals surface area contributed by atoms with Gasteiger partial charge in [-0.2, -0.15) is 21.6 Å². The van der Waals surface area contributed by atoms with E-state index in [0.29, 0.717) is 0 Å². The van der Waals surface area contributed by atoms with Crippen molar-refractivity contribution in [1.82, 2.24) is 0 Å². The second-order valence-corrected chi connectivity index (χ2v) is 6.48. The molecule has 3 nitrogen and oxygen atoms in total. The number of hydrogen-bond donors (Lipinski definition) is 1. The van der Waals surface area contributed by atoms with Gasteiger partial charge in [-0.25, -0.2) is 4.39 Å². The largest absolute Gasteiger partial charge is 0.522 e. The highest BCUT2D eigenvalue weighted by Crippen LogP contribution is 2.24. The highest BCUT2D eigenvalue weighted by atomic mass is 127. The van der Waals surface area contributed by atoms with E-state index in [1.807, 2.05) is 24.3 Å². The van der Waals surface area contributed by atoms with E-state index in [1.165, 1.54) is 15.7 Å². The normalized spacial score (nSPS) is 11.5. The Balaban J connectivity index is 0.000000261. The molecule has 2 aromatic rings. The summed E-state index contributed by atoms with van der Waals surface area (Å²) in [5.74, 6) is -0.195. The van der Waals surface area contributed by atoms with Gasteiger partial charge in [0.25, 0.3) is 0 Å². The lowest BCUT2D eigenvalue weighted by atomic mass is 10.1. The zero-order valence-corrected chi connectivity index (χ0v) is 13.7. The fourth-order valence-electron chi connectivity index (χ4n) is 1.32. The molecule has 22 heavy (non-hydrogen) atoms. The summed E-state index contributed by atoms with van der Waals surface area (Å²) in [7, 11) is -5.84. The summed E-state index contributed by atoms with van der Waals surface area (Å²) in [5, 5.41) is 0. The Labute approximate surface area is 137 Å². The molecular weight excluding hydrogens is 439 g/mol. The van der Waals surface area contributed by atoms with E-state index >= 15 is 0 Å². The Bertz CT molecular complexity index is 728. The Morgan fingerprint density at radius 1 is 0.955 bits per heavy atom. The highest BCUT2D eigenvalue weighted by Gasteiger charge is 2.44. The summed E-state index contributed by atoms with van der Waals surface area (Å²) in [4.78, 5) is 0. The summed E-state index contributed by atoms with van der Waals surface area (Å²) in [6, 6.07) is 14.6. The molecular formula is C13H9F4IO3S. The van der Waals surface area contributed by atoms with Gasteiger partial charge in [0.15, 0.2) is 0 Å². The van der Waals surface area contributed by atoms with Crippen molar-refractivity contribution in [2.75, 3.05) is 0 Å². The third-order valence-corrected chi connectivity index (χ3v) is 3.85. The minimum atomic E-state index is -5.84. The van der Waals surface area contributed by atoms with E-state index in [9.17, 15) is 17.6 Å². The van der Waals surface area contributed by atoms with Gasteiger partial charge in [-0.15, -0.1) is 0 Å². The molecule has 0 spiro atoms. The first-order chi connectivity index (χ1) is 10.0. The highest BCUT2D eigenvalue weighted by molar-refractivity contribution is 14.1. The van der Waals surface area contributed by atoms with Crippen LogP contribution in [0, 0.1) is 9.39 Å². The predicted molar refractivity (Wildman–Crippen MR) is 82.2 cm³/mol. The minimum Gasteiger partial charge on any atom is -0.279 e. The van der Waals surface area contributed by atoms with Crippen LogP contribution in [0.15, 0.2) is 48.5 Å². The van der Waals surface area contributed by atoms with Crippen molar-refractivity contribution in [3.63, 3.8) is 0 Å². The topological polar surface area (TPSA) is 54.4 Å². The van der Waals surface area contributed by atoms with Crippen molar-refractivity contribution in [3.05, 3.63) is 57.9 Å². The molecule has 0 aliphatic rings. The van der Waals surface area contributed by atoms with Gasteiger partial charge >= 0.3 is 15.6 Å². The van der Waals surface area contributed by atoms with Crippen LogP contribution in [0.1, 0.15) is 0 Å². The molecule has 0 amide bonds. The lowest BCUT2D eigenvalue weighted by Crippen LogP contribution is -2.21. The van der Waals surface area contributed by atoms with Crippen LogP contribution < -0.4 is 0 Å². The summed E-state index contributed by atoms with van der Waals surface area (Å²) < 4.78 is 71.4. The average molecular weight is 448 g/mol. The van der Waals surface area contributed by atoms with E-state index in [1.54, 1.807) is 12.1 Å². The van der Waals surface area contributed by atoms with Crippen molar-refractivity contribution in [1.29, 1.82) is 0 Å². The third kappa shape index (κ3) is 5.54. The maximum Gasteiger partial charge on any atom is 0.522 e. The molecule has 1 N–H and O–H groups in total. The van der Waals surface area contributed by atoms with Gasteiger partial charge in [-0.3, -0.25) is 4.55 Å². The number of halogens is 5. The fourth-order valence-corrected chi connectivity index (χ4v) is 2.02. The zero-order chi connectivity index (χ0) is 17.0. The van der Waals surface area contributed by atoms with Crippen LogP contribution >= 0.6 is 22.6 Å². The van der Waals surface area contributed by atoms with Gasteiger partial charge in [-0.05, 0) is 51.9 Å². The van der Waals surface area contributed by atoms with Crippen LogP contribution in [0.25, 0.3) is 11.1 Å². The van der Waals surface area contributed by atoms with Gasteiger partial charge in [0.05, 0.1) is 0 Å². The van der Waals surface area contributed by atoms with Crippen LogP contribution in [0.4, 0.5) is 17.6 Å². The smallest absolute Gasteiger partial charge is 0.279 e. The number of rotatable bonds is 1. The van der Waals surface area contributed by atoms with Crippen LogP contribution in [0.3, 0.4) is 0 Å². The quantitative estimate of drug-likeness (QED) is 0.303. The Morgan fingerprint density at radius 2 is 1.41 bits per heavy atom. The summed E-state index contributed by atoms with van der Waals surface area (Å²) in [6.45, 7) is 0. The van der Waals surface area contributed by atoms with Crippen molar-refractivity contribution in [2.45, 2.75) is 5.51 Å². The van der Waals surface area contributed by atoms with Crippen molar-refractivity contribution in [2.24, 2.45) is 0 Å². The van der Waals surface area contributed by atoms with Gasteiger partial charge in [0.1, 0.15) is 5.82 Å². The standard InChI is InChI=1S/C12H8FI.CHF3O3S/c13-10-7-5-9(6-8-10)11-3-1-2-4-12(11)14;2-1(3,4)8(5,6)7/h1-8H;(H,5,6,7). The fraction of sp³-hybridized carbons (Fsp3) is 0.0769. The van der Waals surface area contributed by atoms with Gasteiger partial charge in [0, 0.05) is 3.57 Å². The molecule has 0 bridgehead atoms. The summed E-state index contributed by atoms with van der Waals surface area (Å²) in [6.07, 6.45) is 0. The molecule has 0 aliphatic carbocycles. The van der Waals surface area contributed by atoms with Gasteiger partial charge in [0.2, 0.25) is 0 Å². The maximum absolute atomic E-state index is 12.7. The second-order valence-electron chi connectivity index (χ2n) is 3.91. The van der Waals surface area contributed by atoms with Crippen LogP contribution in [-0.4, -0.2) is 18.5 Å². The lowest BCUT2D eigenvalue weighted by molar-refractivity contribution is -0.0510. The van der Waals surface area contributed by atoms with E-state index in [0.717, 1.165) is 11.1 Å². The van der Waals surface area contributed by atoms with Crippen LogP contribution in [0.5, 0.6) is 0 Å². The lowest BCUT2D eigenvalue weighted by Gasteiger charge is -2.03. The van der Waals surface area contributed by atoms with Crippen molar-refractivity contribution >= 4 is 32.7 Å². The first kappa shape index (κ1) is 18.8. The molecule has 0 aliphatic heterocycles. The minimum absolute atomic E-state index is 0.195. The van der Waals surface area contributed by atoms with Crippen LogP contribution in [0.2, 0.25) is 0 Å². The molecule has 0 heterocycles. The van der Waals surface area contributed by atoms with E-state index in [2.05, 4.69) is 22.6 Å². The first-order valence-electron chi connectivity index (χ1n) is 5.56. The predicted octanol–water partition coefficient (Wildman–Crippen LogP) is 4.49. The molecule has 2 rings (SSSR count). The zero-order valence-electron chi connectivity index (χ0n) is 10.7. The molecule has 2 aromatic carbocycles. The molecule has 0 unspecified atom stereocenters.